The van der Waals surface area contributed by atoms with Crippen LogP contribution in [0.2, 0.25) is 0 Å². The van der Waals surface area contributed by atoms with Gasteiger partial charge in [0.1, 0.15) is 5.75 Å². The molecule has 2 aromatic carbocycles. The molecule has 3 N–H and O–H groups in total. The molecule has 0 aliphatic heterocycles. The summed E-state index contributed by atoms with van der Waals surface area (Å²) < 4.78 is 0. The fourth-order valence-corrected chi connectivity index (χ4v) is 4.04. The quantitative estimate of drug-likeness (QED) is 0.672. The number of fused-ring (bicyclic) bond motifs is 2. The van der Waals surface area contributed by atoms with Crippen molar-refractivity contribution in [1.29, 1.82) is 0 Å². The molecule has 1 aromatic heterocycles. The number of nitrogens with one attached hydrogen (secondary N) is 2. The number of hydrogen-bond donors (Lipinski definition) is 3. The standard InChI is InChI=1S/C21H23N3O2/c1-21(8-2-3-14-4-6-16(25)12-17(14)21)9-10-22-20(26)15-5-7-18-19(11-15)24-13-23-18/h4-7,11-13,25H,2-3,8-10H2,1H3,(H,22,26)(H,23,24)/t21-/m1/s1. The molecular formula is C21H23N3O2. The number of benzene rings is 2. The number of carbonyl (C=O) groups excluding carboxylic acids is 1. The Kier molecular flexibility index (Phi) is 4.15. The average molecular weight is 349 g/mol. The highest BCUT2D eigenvalue weighted by Gasteiger charge is 2.32. The Bertz CT molecular complexity index is 963. The number of phenolic OH excluding ortho intramolecular Hbond substituents is 1. The summed E-state index contributed by atoms with van der Waals surface area (Å²) in [5.41, 5.74) is 4.86. The molecular weight excluding hydrogens is 326 g/mol. The van der Waals surface area contributed by atoms with E-state index in [1.54, 1.807) is 18.5 Å². The maximum atomic E-state index is 12.5. The number of aromatic hydroxyl groups is 1. The highest BCUT2D eigenvalue weighted by atomic mass is 16.3. The SMILES string of the molecule is C[C@]1(CCNC(=O)c2ccc3nc[nH]c3c2)CCCc2ccc(O)cc21. The third-order valence-electron chi connectivity index (χ3n) is 5.56. The lowest BCUT2D eigenvalue weighted by Gasteiger charge is -2.36. The van der Waals surface area contributed by atoms with Crippen LogP contribution in [-0.2, 0) is 11.8 Å². The average Bonchev–Trinajstić information content (AvgIpc) is 3.10. The lowest BCUT2D eigenvalue weighted by Crippen LogP contribution is -2.34. The summed E-state index contributed by atoms with van der Waals surface area (Å²) in [5, 5.41) is 12.9. The van der Waals surface area contributed by atoms with Gasteiger partial charge >= 0.3 is 0 Å². The van der Waals surface area contributed by atoms with E-state index in [2.05, 4.69) is 22.2 Å². The fraction of sp³-hybridized carbons (Fsp3) is 0.333. The van der Waals surface area contributed by atoms with Crippen LogP contribution in [-0.4, -0.2) is 27.5 Å². The molecule has 5 heteroatoms. The lowest BCUT2D eigenvalue weighted by atomic mass is 9.69. The zero-order chi connectivity index (χ0) is 18.1. The summed E-state index contributed by atoms with van der Waals surface area (Å²) in [6, 6.07) is 11.2. The Morgan fingerprint density at radius 3 is 3.08 bits per heavy atom. The lowest BCUT2D eigenvalue weighted by molar-refractivity contribution is 0.0950. The molecule has 0 spiro atoms. The Balaban J connectivity index is 1.44. The first-order valence-corrected chi connectivity index (χ1v) is 9.09. The summed E-state index contributed by atoms with van der Waals surface area (Å²) in [6.07, 6.45) is 5.74. The Morgan fingerprint density at radius 2 is 2.19 bits per heavy atom. The number of aromatic nitrogens is 2. The van der Waals surface area contributed by atoms with Crippen LogP contribution in [0.5, 0.6) is 5.75 Å². The molecule has 0 bridgehead atoms. The van der Waals surface area contributed by atoms with E-state index in [0.717, 1.165) is 36.7 Å². The highest BCUT2D eigenvalue weighted by Crippen LogP contribution is 2.40. The van der Waals surface area contributed by atoms with E-state index in [-0.39, 0.29) is 11.3 Å². The first-order chi connectivity index (χ1) is 12.5. The second-order valence-electron chi connectivity index (χ2n) is 7.40. The molecule has 26 heavy (non-hydrogen) atoms. The van der Waals surface area contributed by atoms with Gasteiger partial charge in [0.05, 0.1) is 17.4 Å². The van der Waals surface area contributed by atoms with Gasteiger partial charge in [-0.3, -0.25) is 4.79 Å². The fourth-order valence-electron chi connectivity index (χ4n) is 4.04. The van der Waals surface area contributed by atoms with Gasteiger partial charge in [-0.05, 0) is 72.6 Å². The second-order valence-corrected chi connectivity index (χ2v) is 7.40. The number of H-pyrrole nitrogens is 1. The number of carbonyl (C=O) groups is 1. The minimum atomic E-state index is -0.0722. The van der Waals surface area contributed by atoms with Crippen LogP contribution < -0.4 is 5.32 Å². The number of nitrogens with zero attached hydrogens (tertiary/aromatic N) is 1. The predicted octanol–water partition coefficient (Wildman–Crippen LogP) is 3.68. The molecule has 3 aromatic rings. The van der Waals surface area contributed by atoms with Gasteiger partial charge < -0.3 is 15.4 Å². The summed E-state index contributed by atoms with van der Waals surface area (Å²) in [7, 11) is 0. The van der Waals surface area contributed by atoms with E-state index in [1.807, 2.05) is 24.3 Å². The first-order valence-electron chi connectivity index (χ1n) is 9.09. The molecule has 5 nitrogen and oxygen atoms in total. The molecule has 1 amide bonds. The highest BCUT2D eigenvalue weighted by molar-refractivity contribution is 5.97. The van der Waals surface area contributed by atoms with Crippen LogP contribution in [0.3, 0.4) is 0 Å². The van der Waals surface area contributed by atoms with Crippen molar-refractivity contribution in [1.82, 2.24) is 15.3 Å². The number of hydrogen-bond acceptors (Lipinski definition) is 3. The van der Waals surface area contributed by atoms with E-state index in [9.17, 15) is 9.90 Å². The molecule has 0 unspecified atom stereocenters. The summed E-state index contributed by atoms with van der Waals surface area (Å²) in [6.45, 7) is 2.83. The zero-order valence-electron chi connectivity index (χ0n) is 14.9. The van der Waals surface area contributed by atoms with Crippen LogP contribution in [0.4, 0.5) is 0 Å². The van der Waals surface area contributed by atoms with Gasteiger partial charge in [-0.25, -0.2) is 4.98 Å². The molecule has 0 saturated heterocycles. The van der Waals surface area contributed by atoms with Crippen LogP contribution in [0.1, 0.15) is 47.7 Å². The van der Waals surface area contributed by atoms with Crippen molar-refractivity contribution in [3.05, 3.63) is 59.4 Å². The second kappa shape index (κ2) is 6.48. The van der Waals surface area contributed by atoms with Gasteiger partial charge in [-0.2, -0.15) is 0 Å². The maximum Gasteiger partial charge on any atom is 0.251 e. The molecule has 1 atom stereocenters. The molecule has 0 fully saturated rings. The van der Waals surface area contributed by atoms with Crippen molar-refractivity contribution in [3.8, 4) is 5.75 Å². The van der Waals surface area contributed by atoms with Gasteiger partial charge in [0.2, 0.25) is 0 Å². The largest absolute Gasteiger partial charge is 0.508 e. The van der Waals surface area contributed by atoms with Crippen LogP contribution in [0, 0.1) is 0 Å². The molecule has 134 valence electrons. The van der Waals surface area contributed by atoms with Crippen molar-refractivity contribution in [2.75, 3.05) is 6.54 Å². The number of aromatic amines is 1. The number of amides is 1. The van der Waals surface area contributed by atoms with E-state index in [1.165, 1.54) is 11.1 Å². The normalized spacial score (nSPS) is 19.3. The van der Waals surface area contributed by atoms with E-state index < -0.39 is 0 Å². The molecule has 4 rings (SSSR count). The van der Waals surface area contributed by atoms with Crippen LogP contribution >= 0.6 is 0 Å². The van der Waals surface area contributed by atoms with E-state index in [0.29, 0.717) is 17.9 Å². The van der Waals surface area contributed by atoms with Crippen LogP contribution in [0.25, 0.3) is 11.0 Å². The van der Waals surface area contributed by atoms with Gasteiger partial charge in [-0.1, -0.05) is 13.0 Å². The molecule has 1 heterocycles. The molecule has 0 radical (unpaired) electrons. The van der Waals surface area contributed by atoms with Crippen molar-refractivity contribution in [2.24, 2.45) is 0 Å². The maximum absolute atomic E-state index is 12.5. The molecule has 1 aliphatic carbocycles. The topological polar surface area (TPSA) is 78.0 Å². The Labute approximate surface area is 152 Å². The number of aryl methyl sites for hydroxylation is 1. The van der Waals surface area contributed by atoms with Crippen molar-refractivity contribution in [3.63, 3.8) is 0 Å². The predicted molar refractivity (Wildman–Crippen MR) is 101 cm³/mol. The Morgan fingerprint density at radius 1 is 1.31 bits per heavy atom. The van der Waals surface area contributed by atoms with Crippen molar-refractivity contribution >= 4 is 16.9 Å². The minimum absolute atomic E-state index is 0.0209. The van der Waals surface area contributed by atoms with Crippen molar-refractivity contribution < 1.29 is 9.90 Å². The third-order valence-corrected chi connectivity index (χ3v) is 5.56. The van der Waals surface area contributed by atoms with E-state index in [4.69, 9.17) is 0 Å². The Hall–Kier alpha value is -2.82. The summed E-state index contributed by atoms with van der Waals surface area (Å²) in [4.78, 5) is 19.7. The van der Waals surface area contributed by atoms with Gasteiger partial charge in [-0.15, -0.1) is 0 Å². The van der Waals surface area contributed by atoms with Crippen molar-refractivity contribution in [2.45, 2.75) is 38.0 Å². The third kappa shape index (κ3) is 3.05. The molecule has 0 saturated carbocycles. The number of imidazole rings is 1. The smallest absolute Gasteiger partial charge is 0.251 e. The first kappa shape index (κ1) is 16.6. The monoisotopic (exact) mass is 349 g/mol. The minimum Gasteiger partial charge on any atom is -0.508 e. The molecule has 1 aliphatic rings. The number of rotatable bonds is 4. The van der Waals surface area contributed by atoms with Gasteiger partial charge in [0, 0.05) is 12.1 Å². The summed E-state index contributed by atoms with van der Waals surface area (Å²) >= 11 is 0. The van der Waals surface area contributed by atoms with Gasteiger partial charge in [0.25, 0.3) is 5.91 Å². The summed E-state index contributed by atoms with van der Waals surface area (Å²) in [5.74, 6) is 0.241. The van der Waals surface area contributed by atoms with Crippen LogP contribution in [0.15, 0.2) is 42.7 Å². The zero-order valence-corrected chi connectivity index (χ0v) is 14.9. The number of phenols is 1. The van der Waals surface area contributed by atoms with Gasteiger partial charge in [0.15, 0.2) is 0 Å². The van der Waals surface area contributed by atoms with E-state index >= 15 is 0 Å².